The molecule has 1 aromatic carbocycles. The third-order valence-corrected chi connectivity index (χ3v) is 5.03. The first-order chi connectivity index (χ1) is 13.2. The number of aromatic hydroxyl groups is 1. The van der Waals surface area contributed by atoms with Crippen molar-refractivity contribution >= 4 is 5.97 Å². The van der Waals surface area contributed by atoms with Crippen molar-refractivity contribution < 1.29 is 39.8 Å². The highest BCUT2D eigenvalue weighted by Gasteiger charge is 2.45. The summed E-state index contributed by atoms with van der Waals surface area (Å²) in [6.07, 6.45) is -7.62. The Morgan fingerprint density at radius 2 is 1.45 bits per heavy atom. The van der Waals surface area contributed by atoms with Gasteiger partial charge in [-0.05, 0) is 23.0 Å². The van der Waals surface area contributed by atoms with Gasteiger partial charge < -0.3 is 35.0 Å². The predicted octanol–water partition coefficient (Wildman–Crippen LogP) is 0.944. The molecule has 1 unspecified atom stereocenters. The van der Waals surface area contributed by atoms with Crippen LogP contribution in [0.5, 0.6) is 5.75 Å². The molecule has 1 heterocycles. The smallest absolute Gasteiger partial charge is 0.340 e. The number of benzene rings is 1. The second-order valence-corrected chi connectivity index (χ2v) is 9.52. The number of hydrogen-bond donors (Lipinski definition) is 5. The van der Waals surface area contributed by atoms with Crippen molar-refractivity contribution in [2.75, 3.05) is 6.61 Å². The first-order valence-corrected chi connectivity index (χ1v) is 9.58. The molecule has 0 bridgehead atoms. The SMILES string of the molecule is CC(C)(C)c1cc(C(=O)OC2O[C@H](CO)[C@@H](O)[C@H](O)[C@H]2O)cc(C(C)(C)C)c1O. The van der Waals surface area contributed by atoms with Gasteiger partial charge in [0, 0.05) is 11.1 Å². The minimum atomic E-state index is -1.68. The highest BCUT2D eigenvalue weighted by atomic mass is 16.7. The number of phenols is 1. The summed E-state index contributed by atoms with van der Waals surface area (Å²) in [5.74, 6) is -0.722. The highest BCUT2D eigenvalue weighted by Crippen LogP contribution is 2.40. The van der Waals surface area contributed by atoms with E-state index >= 15 is 0 Å². The third kappa shape index (κ3) is 4.90. The highest BCUT2D eigenvalue weighted by molar-refractivity contribution is 5.90. The fraction of sp³-hybridized carbons (Fsp3) is 0.667. The lowest BCUT2D eigenvalue weighted by Crippen LogP contribution is -2.59. The van der Waals surface area contributed by atoms with E-state index in [0.717, 1.165) is 0 Å². The molecular weight excluding hydrogens is 380 g/mol. The van der Waals surface area contributed by atoms with Gasteiger partial charge in [0.15, 0.2) is 0 Å². The maximum atomic E-state index is 12.8. The first-order valence-electron chi connectivity index (χ1n) is 9.58. The zero-order valence-corrected chi connectivity index (χ0v) is 17.7. The molecule has 1 saturated heterocycles. The predicted molar refractivity (Wildman–Crippen MR) is 105 cm³/mol. The van der Waals surface area contributed by atoms with Crippen molar-refractivity contribution in [3.8, 4) is 5.75 Å². The van der Waals surface area contributed by atoms with Gasteiger partial charge in [-0.15, -0.1) is 0 Å². The summed E-state index contributed by atoms with van der Waals surface area (Å²) in [7, 11) is 0. The van der Waals surface area contributed by atoms with Gasteiger partial charge in [-0.1, -0.05) is 41.5 Å². The maximum absolute atomic E-state index is 12.8. The Morgan fingerprint density at radius 3 is 1.86 bits per heavy atom. The third-order valence-electron chi connectivity index (χ3n) is 5.03. The molecule has 1 aliphatic rings. The topological polar surface area (TPSA) is 137 Å². The number of esters is 1. The van der Waals surface area contributed by atoms with E-state index in [1.807, 2.05) is 41.5 Å². The molecule has 1 aromatic rings. The van der Waals surface area contributed by atoms with E-state index in [1.54, 1.807) is 0 Å². The van der Waals surface area contributed by atoms with Crippen LogP contribution in [0.2, 0.25) is 0 Å². The van der Waals surface area contributed by atoms with Crippen LogP contribution in [0.4, 0.5) is 0 Å². The molecule has 0 spiro atoms. The van der Waals surface area contributed by atoms with Gasteiger partial charge in [0.1, 0.15) is 30.2 Å². The van der Waals surface area contributed by atoms with Crippen molar-refractivity contribution in [3.05, 3.63) is 28.8 Å². The largest absolute Gasteiger partial charge is 0.507 e. The first kappa shape index (κ1) is 23.6. The molecule has 8 nitrogen and oxygen atoms in total. The van der Waals surface area contributed by atoms with Gasteiger partial charge >= 0.3 is 5.97 Å². The van der Waals surface area contributed by atoms with Crippen molar-refractivity contribution in [2.24, 2.45) is 0 Å². The molecule has 1 aliphatic heterocycles. The van der Waals surface area contributed by atoms with Crippen LogP contribution in [0.1, 0.15) is 63.0 Å². The fourth-order valence-electron chi connectivity index (χ4n) is 3.23. The Kier molecular flexibility index (Phi) is 6.66. The molecule has 5 N–H and O–H groups in total. The summed E-state index contributed by atoms with van der Waals surface area (Å²) in [5.41, 5.74) is 0.360. The minimum absolute atomic E-state index is 0.106. The molecule has 8 heteroatoms. The van der Waals surface area contributed by atoms with Gasteiger partial charge in [0.2, 0.25) is 6.29 Å². The van der Waals surface area contributed by atoms with Crippen molar-refractivity contribution in [3.63, 3.8) is 0 Å². The summed E-state index contributed by atoms with van der Waals surface area (Å²) in [4.78, 5) is 12.8. The zero-order chi connectivity index (χ0) is 22.3. The number of rotatable bonds is 3. The summed E-state index contributed by atoms with van der Waals surface area (Å²) < 4.78 is 10.5. The van der Waals surface area contributed by atoms with Crippen LogP contribution in [0.25, 0.3) is 0 Å². The normalized spacial score (nSPS) is 28.3. The van der Waals surface area contributed by atoms with Crippen molar-refractivity contribution in [1.29, 1.82) is 0 Å². The summed E-state index contributed by atoms with van der Waals surface area (Å²) in [5, 5.41) is 49.8. The lowest BCUT2D eigenvalue weighted by molar-refractivity contribution is -0.285. The lowest BCUT2D eigenvalue weighted by Gasteiger charge is -2.39. The number of aliphatic hydroxyl groups is 4. The van der Waals surface area contributed by atoms with E-state index in [2.05, 4.69) is 0 Å². The Morgan fingerprint density at radius 1 is 0.966 bits per heavy atom. The Hall–Kier alpha value is -1.71. The van der Waals surface area contributed by atoms with Crippen LogP contribution < -0.4 is 0 Å². The van der Waals surface area contributed by atoms with Gasteiger partial charge in [0.25, 0.3) is 0 Å². The summed E-state index contributed by atoms with van der Waals surface area (Å²) in [6.45, 7) is 10.8. The molecule has 0 aliphatic carbocycles. The van der Waals surface area contributed by atoms with E-state index in [0.29, 0.717) is 11.1 Å². The fourth-order valence-corrected chi connectivity index (χ4v) is 3.23. The molecule has 29 heavy (non-hydrogen) atoms. The molecule has 164 valence electrons. The number of hydrogen-bond acceptors (Lipinski definition) is 8. The van der Waals surface area contributed by atoms with E-state index in [-0.39, 0.29) is 11.3 Å². The maximum Gasteiger partial charge on any atom is 0.340 e. The van der Waals surface area contributed by atoms with Crippen molar-refractivity contribution in [2.45, 2.75) is 83.1 Å². The molecule has 0 amide bonds. The average Bonchev–Trinajstić information content (AvgIpc) is 2.60. The van der Waals surface area contributed by atoms with Crippen LogP contribution >= 0.6 is 0 Å². The van der Waals surface area contributed by atoms with E-state index in [9.17, 15) is 30.3 Å². The van der Waals surface area contributed by atoms with E-state index in [1.165, 1.54) is 12.1 Å². The lowest BCUT2D eigenvalue weighted by atomic mass is 9.78. The summed E-state index contributed by atoms with van der Waals surface area (Å²) >= 11 is 0. The standard InChI is InChI=1S/C21H32O8/c1-20(2,3)11-7-10(8-12(14(11)23)21(4,5)6)18(27)29-19-17(26)16(25)15(24)13(9-22)28-19/h7-8,13,15-17,19,22-26H,9H2,1-6H3/t13-,15-,16+,17-,19?/m1/s1. The van der Waals surface area contributed by atoms with E-state index < -0.39 is 54.1 Å². The van der Waals surface area contributed by atoms with Crippen LogP contribution in [-0.4, -0.2) is 68.8 Å². The number of ether oxygens (including phenoxy) is 2. The zero-order valence-electron chi connectivity index (χ0n) is 17.7. The molecule has 5 atom stereocenters. The van der Waals surface area contributed by atoms with Gasteiger partial charge in [-0.25, -0.2) is 4.79 Å². The Balaban J connectivity index is 2.40. The number of phenolic OH excluding ortho intramolecular Hbond substituents is 1. The number of carbonyl (C=O) groups is 1. The molecule has 0 radical (unpaired) electrons. The quantitative estimate of drug-likeness (QED) is 0.463. The molecule has 0 aromatic heterocycles. The minimum Gasteiger partial charge on any atom is -0.507 e. The Labute approximate surface area is 170 Å². The van der Waals surface area contributed by atoms with Crippen molar-refractivity contribution in [1.82, 2.24) is 0 Å². The van der Waals surface area contributed by atoms with Gasteiger partial charge in [-0.3, -0.25) is 0 Å². The average molecular weight is 412 g/mol. The van der Waals surface area contributed by atoms with Gasteiger partial charge in [-0.2, -0.15) is 0 Å². The van der Waals surface area contributed by atoms with E-state index in [4.69, 9.17) is 9.47 Å². The van der Waals surface area contributed by atoms with Crippen LogP contribution in [0, 0.1) is 0 Å². The monoisotopic (exact) mass is 412 g/mol. The second kappa shape index (κ2) is 8.20. The Bertz CT molecular complexity index is 709. The molecule has 0 saturated carbocycles. The number of aliphatic hydroxyl groups excluding tert-OH is 4. The molecule has 1 fully saturated rings. The van der Waals surface area contributed by atoms with Crippen LogP contribution in [0.15, 0.2) is 12.1 Å². The summed E-state index contributed by atoms with van der Waals surface area (Å²) in [6, 6.07) is 3.05. The molecular formula is C21H32O8. The number of carbonyl (C=O) groups excluding carboxylic acids is 1. The van der Waals surface area contributed by atoms with Gasteiger partial charge in [0.05, 0.1) is 12.2 Å². The van der Waals surface area contributed by atoms with Crippen LogP contribution in [-0.2, 0) is 20.3 Å². The molecule has 2 rings (SSSR count). The second-order valence-electron chi connectivity index (χ2n) is 9.52. The van der Waals surface area contributed by atoms with Crippen LogP contribution in [0.3, 0.4) is 0 Å².